The molecule has 0 radical (unpaired) electrons. The summed E-state index contributed by atoms with van der Waals surface area (Å²) in [5, 5.41) is 6.17. The maximum absolute atomic E-state index is 12.5. The molecular formula is C17H25N3O3. The van der Waals surface area contributed by atoms with Gasteiger partial charge in [0, 0.05) is 39.4 Å². The van der Waals surface area contributed by atoms with Crippen LogP contribution in [0, 0.1) is 0 Å². The lowest BCUT2D eigenvalue weighted by Gasteiger charge is -2.25. The first-order chi connectivity index (χ1) is 11.0. The lowest BCUT2D eigenvalue weighted by molar-refractivity contribution is -0.192. The van der Waals surface area contributed by atoms with E-state index >= 15 is 0 Å². The Morgan fingerprint density at radius 1 is 1.35 bits per heavy atom. The number of nitrogens with zero attached hydrogens (tertiary/aromatic N) is 1. The van der Waals surface area contributed by atoms with Crippen LogP contribution in [-0.4, -0.2) is 57.0 Å². The highest BCUT2D eigenvalue weighted by Crippen LogP contribution is 2.26. The molecule has 0 aliphatic carbocycles. The summed E-state index contributed by atoms with van der Waals surface area (Å²) in [5.41, 5.74) is 3.52. The highest BCUT2D eigenvalue weighted by Gasteiger charge is 2.42. The Morgan fingerprint density at radius 3 is 2.83 bits per heavy atom. The molecule has 0 bridgehead atoms. The quantitative estimate of drug-likeness (QED) is 0.810. The number of amides is 1. The number of fused-ring (bicyclic) bond motifs is 1. The normalized spacial score (nSPS) is 23.5. The van der Waals surface area contributed by atoms with Crippen LogP contribution in [0.5, 0.6) is 0 Å². The first-order valence-corrected chi connectivity index (χ1v) is 8.00. The minimum atomic E-state index is -0.706. The van der Waals surface area contributed by atoms with Gasteiger partial charge in [-0.25, -0.2) is 0 Å². The van der Waals surface area contributed by atoms with Gasteiger partial charge in [-0.05, 0) is 36.7 Å². The van der Waals surface area contributed by atoms with Crippen LogP contribution in [0.3, 0.4) is 0 Å². The number of nitrogens with one attached hydrogen (secondary N) is 2. The summed E-state index contributed by atoms with van der Waals surface area (Å²) in [4.78, 5) is 14.8. The molecule has 1 amide bonds. The van der Waals surface area contributed by atoms with E-state index in [1.54, 1.807) is 14.2 Å². The molecule has 1 aromatic carbocycles. The number of ether oxygens (including phenoxy) is 2. The molecule has 6 nitrogen and oxygen atoms in total. The van der Waals surface area contributed by atoms with E-state index in [4.69, 9.17) is 9.47 Å². The Bertz CT molecular complexity index is 586. The zero-order valence-electron chi connectivity index (χ0n) is 14.0. The highest BCUT2D eigenvalue weighted by molar-refractivity contribution is 5.95. The molecule has 1 fully saturated rings. The van der Waals surface area contributed by atoms with Gasteiger partial charge in [-0.15, -0.1) is 0 Å². The second-order valence-electron chi connectivity index (χ2n) is 6.42. The van der Waals surface area contributed by atoms with Gasteiger partial charge in [0.2, 0.25) is 5.91 Å². The van der Waals surface area contributed by atoms with Crippen molar-refractivity contribution in [2.45, 2.75) is 31.2 Å². The van der Waals surface area contributed by atoms with Crippen molar-refractivity contribution in [3.05, 3.63) is 29.3 Å². The van der Waals surface area contributed by atoms with Gasteiger partial charge in [-0.2, -0.15) is 0 Å². The third-order valence-electron chi connectivity index (χ3n) is 4.87. The number of benzene rings is 1. The molecule has 23 heavy (non-hydrogen) atoms. The number of likely N-dealkylation sites (N-methyl/N-ethyl adjacent to an activating group) is 1. The van der Waals surface area contributed by atoms with Crippen LogP contribution in [0.15, 0.2) is 18.2 Å². The van der Waals surface area contributed by atoms with Crippen molar-refractivity contribution < 1.29 is 14.3 Å². The summed E-state index contributed by atoms with van der Waals surface area (Å²) in [7, 11) is 5.33. The van der Waals surface area contributed by atoms with Gasteiger partial charge in [-0.3, -0.25) is 4.79 Å². The summed E-state index contributed by atoms with van der Waals surface area (Å²) < 4.78 is 10.8. The van der Waals surface area contributed by atoms with E-state index < -0.39 is 5.79 Å². The average Bonchev–Trinajstić information content (AvgIpc) is 3.00. The molecule has 1 atom stereocenters. The minimum absolute atomic E-state index is 0.0474. The molecule has 2 N–H and O–H groups in total. The zero-order chi connectivity index (χ0) is 16.4. The first-order valence-electron chi connectivity index (χ1n) is 8.00. The molecule has 1 aromatic rings. The first kappa shape index (κ1) is 16.4. The molecule has 2 heterocycles. The molecular weight excluding hydrogens is 294 g/mol. The number of carbonyl (C=O) groups is 1. The number of methoxy groups -OCH3 is 2. The van der Waals surface area contributed by atoms with Crippen LogP contribution in [-0.2, 0) is 27.2 Å². The van der Waals surface area contributed by atoms with Gasteiger partial charge in [0.15, 0.2) is 5.79 Å². The van der Waals surface area contributed by atoms with E-state index in [0.29, 0.717) is 13.0 Å². The Morgan fingerprint density at radius 2 is 2.13 bits per heavy atom. The fourth-order valence-corrected chi connectivity index (χ4v) is 3.31. The van der Waals surface area contributed by atoms with Gasteiger partial charge in [0.1, 0.15) is 0 Å². The van der Waals surface area contributed by atoms with Crippen LogP contribution in [0.4, 0.5) is 5.69 Å². The molecule has 3 rings (SSSR count). The largest absolute Gasteiger partial charge is 0.352 e. The second kappa shape index (κ2) is 6.57. The molecule has 1 unspecified atom stereocenters. The van der Waals surface area contributed by atoms with Crippen LogP contribution < -0.4 is 10.6 Å². The van der Waals surface area contributed by atoms with E-state index in [1.807, 2.05) is 6.07 Å². The Hall–Kier alpha value is -1.47. The number of hydrogen-bond donors (Lipinski definition) is 2. The van der Waals surface area contributed by atoms with E-state index in [1.165, 1.54) is 11.1 Å². The van der Waals surface area contributed by atoms with Crippen molar-refractivity contribution in [1.29, 1.82) is 0 Å². The SMILES string of the molecule is COC1(OC)CNC(C(=O)Nc2ccc3c(c2)CCN(C)C3)C1. The second-order valence-corrected chi connectivity index (χ2v) is 6.42. The lowest BCUT2D eigenvalue weighted by Crippen LogP contribution is -2.35. The van der Waals surface area contributed by atoms with Crippen molar-refractivity contribution in [3.8, 4) is 0 Å². The summed E-state index contributed by atoms with van der Waals surface area (Å²) in [6.07, 6.45) is 1.52. The maximum atomic E-state index is 12.5. The van der Waals surface area contributed by atoms with Crippen LogP contribution in [0.1, 0.15) is 17.5 Å². The van der Waals surface area contributed by atoms with E-state index in [9.17, 15) is 4.79 Å². The number of anilines is 1. The average molecular weight is 319 g/mol. The molecule has 0 spiro atoms. The van der Waals surface area contributed by atoms with Gasteiger partial charge in [-0.1, -0.05) is 6.07 Å². The Kier molecular flexibility index (Phi) is 4.68. The Labute approximate surface area is 137 Å². The summed E-state index contributed by atoms with van der Waals surface area (Å²) in [6, 6.07) is 5.87. The predicted octanol–water partition coefficient (Wildman–Crippen LogP) is 0.964. The van der Waals surface area contributed by atoms with Crippen LogP contribution in [0.2, 0.25) is 0 Å². The summed E-state index contributed by atoms with van der Waals surface area (Å²) in [6.45, 7) is 2.53. The summed E-state index contributed by atoms with van der Waals surface area (Å²) in [5.74, 6) is -0.753. The number of rotatable bonds is 4. The van der Waals surface area contributed by atoms with Crippen molar-refractivity contribution in [3.63, 3.8) is 0 Å². The molecule has 1 saturated heterocycles. The highest BCUT2D eigenvalue weighted by atomic mass is 16.7. The standard InChI is InChI=1S/C17H25N3O3/c1-20-7-6-12-8-14(5-4-13(12)10-20)19-16(21)15-9-17(22-2,23-3)11-18-15/h4-5,8,15,18H,6-7,9-11H2,1-3H3,(H,19,21). The van der Waals surface area contributed by atoms with Crippen molar-refractivity contribution >= 4 is 11.6 Å². The van der Waals surface area contributed by atoms with E-state index in [2.05, 4.69) is 34.7 Å². The van der Waals surface area contributed by atoms with Gasteiger partial charge in [0.05, 0.1) is 12.6 Å². The molecule has 0 saturated carbocycles. The van der Waals surface area contributed by atoms with Gasteiger partial charge < -0.3 is 25.0 Å². The van der Waals surface area contributed by atoms with Crippen LogP contribution in [0.25, 0.3) is 0 Å². The smallest absolute Gasteiger partial charge is 0.241 e. The third kappa shape index (κ3) is 3.40. The molecule has 2 aliphatic heterocycles. The monoisotopic (exact) mass is 319 g/mol. The van der Waals surface area contributed by atoms with E-state index in [-0.39, 0.29) is 11.9 Å². The molecule has 6 heteroatoms. The summed E-state index contributed by atoms with van der Waals surface area (Å²) >= 11 is 0. The van der Waals surface area contributed by atoms with Gasteiger partial charge in [0.25, 0.3) is 0 Å². The topological polar surface area (TPSA) is 62.8 Å². The van der Waals surface area contributed by atoms with Crippen molar-refractivity contribution in [1.82, 2.24) is 10.2 Å². The molecule has 0 aromatic heterocycles. The molecule has 126 valence electrons. The van der Waals surface area contributed by atoms with Gasteiger partial charge >= 0.3 is 0 Å². The Balaban J connectivity index is 1.65. The fourth-order valence-electron chi connectivity index (χ4n) is 3.31. The van der Waals surface area contributed by atoms with E-state index in [0.717, 1.165) is 25.2 Å². The lowest BCUT2D eigenvalue weighted by atomic mass is 9.99. The predicted molar refractivity (Wildman–Crippen MR) is 88.3 cm³/mol. The number of hydrogen-bond acceptors (Lipinski definition) is 5. The zero-order valence-corrected chi connectivity index (χ0v) is 14.0. The van der Waals surface area contributed by atoms with Crippen molar-refractivity contribution in [2.75, 3.05) is 39.7 Å². The fraction of sp³-hybridized carbons (Fsp3) is 0.588. The third-order valence-corrected chi connectivity index (χ3v) is 4.87. The maximum Gasteiger partial charge on any atom is 0.241 e. The minimum Gasteiger partial charge on any atom is -0.352 e. The number of carbonyl (C=O) groups excluding carboxylic acids is 1. The van der Waals surface area contributed by atoms with Crippen LogP contribution >= 0.6 is 0 Å². The molecule has 2 aliphatic rings. The van der Waals surface area contributed by atoms with Crippen molar-refractivity contribution in [2.24, 2.45) is 0 Å².